The molecule has 37 heavy (non-hydrogen) atoms. The van der Waals surface area contributed by atoms with Gasteiger partial charge in [-0.3, -0.25) is 0 Å². The SMILES string of the molecule is CO/N=C(/C(=O)OC)c1cccc(C)c1CO/N=C(\C)c1ccc(-c2ccc(F)cc2)cc1C(F)(F)F. The van der Waals surface area contributed by atoms with Crippen LogP contribution in [0.1, 0.15) is 34.7 Å². The third kappa shape index (κ3) is 6.52. The number of oxime groups is 2. The van der Waals surface area contributed by atoms with E-state index < -0.39 is 23.5 Å². The molecule has 0 heterocycles. The highest BCUT2D eigenvalue weighted by molar-refractivity contribution is 6.43. The lowest BCUT2D eigenvalue weighted by Crippen LogP contribution is -2.20. The van der Waals surface area contributed by atoms with Crippen molar-refractivity contribution >= 4 is 17.4 Å². The number of rotatable bonds is 8. The largest absolute Gasteiger partial charge is 0.464 e. The lowest BCUT2D eigenvalue weighted by atomic mass is 9.96. The molecule has 10 heteroatoms. The molecule has 6 nitrogen and oxygen atoms in total. The molecule has 0 amide bonds. The van der Waals surface area contributed by atoms with Crippen molar-refractivity contribution in [3.8, 4) is 11.1 Å². The van der Waals surface area contributed by atoms with Gasteiger partial charge in [0, 0.05) is 16.7 Å². The second kappa shape index (κ2) is 11.7. The van der Waals surface area contributed by atoms with Gasteiger partial charge in [0.1, 0.15) is 19.5 Å². The number of halogens is 4. The summed E-state index contributed by atoms with van der Waals surface area (Å²) in [6.07, 6.45) is -4.67. The Balaban J connectivity index is 1.93. The zero-order chi connectivity index (χ0) is 27.2. The van der Waals surface area contributed by atoms with Crippen molar-refractivity contribution in [3.05, 3.63) is 94.3 Å². The number of esters is 1. The summed E-state index contributed by atoms with van der Waals surface area (Å²) in [5.41, 5.74) is 1.19. The standard InChI is InChI=1S/C27H24F4N2O4/c1-16-6-5-7-22(25(33-36-4)26(34)35-3)23(16)15-37-32-17(2)21-13-10-19(14-24(21)27(29,30)31)18-8-11-20(28)12-9-18/h5-14H,15H2,1-4H3/b32-17+,33-25+. The molecule has 0 N–H and O–H groups in total. The number of alkyl halides is 3. The molecule has 0 fully saturated rings. The fourth-order valence-electron chi connectivity index (χ4n) is 3.66. The molecular formula is C27H24F4N2O4. The summed E-state index contributed by atoms with van der Waals surface area (Å²) < 4.78 is 59.7. The van der Waals surface area contributed by atoms with E-state index in [2.05, 4.69) is 10.3 Å². The van der Waals surface area contributed by atoms with Gasteiger partial charge in [-0.1, -0.05) is 52.8 Å². The number of aryl methyl sites for hydroxylation is 1. The molecule has 0 aromatic heterocycles. The van der Waals surface area contributed by atoms with Crippen molar-refractivity contribution in [2.24, 2.45) is 10.3 Å². The Morgan fingerprint density at radius 1 is 0.919 bits per heavy atom. The summed E-state index contributed by atoms with van der Waals surface area (Å²) in [6, 6.07) is 14.1. The highest BCUT2D eigenvalue weighted by Crippen LogP contribution is 2.35. The molecule has 0 saturated heterocycles. The maximum absolute atomic E-state index is 13.9. The zero-order valence-corrected chi connectivity index (χ0v) is 20.5. The molecule has 194 valence electrons. The average molecular weight is 516 g/mol. The van der Waals surface area contributed by atoms with Crippen molar-refractivity contribution in [2.45, 2.75) is 26.6 Å². The topological polar surface area (TPSA) is 69.5 Å². The first-order valence-electron chi connectivity index (χ1n) is 11.0. The normalized spacial score (nSPS) is 12.3. The third-order valence-corrected chi connectivity index (χ3v) is 5.53. The van der Waals surface area contributed by atoms with Gasteiger partial charge in [-0.15, -0.1) is 0 Å². The molecule has 0 aliphatic heterocycles. The number of methoxy groups -OCH3 is 1. The Labute approximate surface area is 211 Å². The summed E-state index contributed by atoms with van der Waals surface area (Å²) in [6.45, 7) is 3.01. The minimum absolute atomic E-state index is 0.00753. The second-order valence-corrected chi connectivity index (χ2v) is 7.93. The molecular weight excluding hydrogens is 492 g/mol. The van der Waals surface area contributed by atoms with Gasteiger partial charge in [0.15, 0.2) is 5.71 Å². The van der Waals surface area contributed by atoms with Crippen LogP contribution in [0.3, 0.4) is 0 Å². The minimum atomic E-state index is -4.67. The van der Waals surface area contributed by atoms with E-state index in [9.17, 15) is 22.4 Å². The Morgan fingerprint density at radius 2 is 1.59 bits per heavy atom. The molecule has 0 spiro atoms. The fraction of sp³-hybridized carbons (Fsp3) is 0.222. The van der Waals surface area contributed by atoms with Crippen LogP contribution in [0.25, 0.3) is 11.1 Å². The van der Waals surface area contributed by atoms with Crippen LogP contribution in [0.15, 0.2) is 71.0 Å². The van der Waals surface area contributed by atoms with Gasteiger partial charge >= 0.3 is 12.1 Å². The van der Waals surface area contributed by atoms with Gasteiger partial charge in [-0.05, 0) is 48.7 Å². The molecule has 0 bridgehead atoms. The highest BCUT2D eigenvalue weighted by atomic mass is 19.4. The van der Waals surface area contributed by atoms with Crippen LogP contribution in [0.4, 0.5) is 17.6 Å². The molecule has 0 aliphatic rings. The van der Waals surface area contributed by atoms with Gasteiger partial charge < -0.3 is 14.4 Å². The van der Waals surface area contributed by atoms with Crippen LogP contribution < -0.4 is 0 Å². The summed E-state index contributed by atoms with van der Waals surface area (Å²) in [5.74, 6) is -1.22. The van der Waals surface area contributed by atoms with E-state index in [4.69, 9.17) is 14.4 Å². The van der Waals surface area contributed by atoms with Crippen LogP contribution in [-0.4, -0.2) is 31.6 Å². The minimum Gasteiger partial charge on any atom is -0.464 e. The molecule has 3 aromatic rings. The van der Waals surface area contributed by atoms with Gasteiger partial charge in [0.25, 0.3) is 0 Å². The lowest BCUT2D eigenvalue weighted by molar-refractivity contribution is -0.137. The number of carbonyl (C=O) groups excluding carboxylic acids is 1. The first-order valence-corrected chi connectivity index (χ1v) is 11.0. The lowest BCUT2D eigenvalue weighted by Gasteiger charge is -2.15. The monoisotopic (exact) mass is 516 g/mol. The van der Waals surface area contributed by atoms with E-state index >= 15 is 0 Å². The van der Waals surface area contributed by atoms with Crippen molar-refractivity contribution < 1.29 is 36.8 Å². The van der Waals surface area contributed by atoms with Gasteiger partial charge in [-0.25, -0.2) is 9.18 Å². The van der Waals surface area contributed by atoms with Crippen LogP contribution >= 0.6 is 0 Å². The van der Waals surface area contributed by atoms with E-state index in [-0.39, 0.29) is 29.2 Å². The third-order valence-electron chi connectivity index (χ3n) is 5.53. The molecule has 0 aliphatic carbocycles. The fourth-order valence-corrected chi connectivity index (χ4v) is 3.66. The number of ether oxygens (including phenoxy) is 1. The maximum Gasteiger partial charge on any atom is 0.417 e. The van der Waals surface area contributed by atoms with Crippen molar-refractivity contribution in [2.75, 3.05) is 14.2 Å². The summed E-state index contributed by atoms with van der Waals surface area (Å²) in [5, 5.41) is 7.65. The van der Waals surface area contributed by atoms with Gasteiger partial charge in [0.05, 0.1) is 18.4 Å². The van der Waals surface area contributed by atoms with E-state index in [1.54, 1.807) is 25.1 Å². The first-order chi connectivity index (χ1) is 17.6. The maximum atomic E-state index is 13.9. The molecule has 0 unspecified atom stereocenters. The predicted octanol–water partition coefficient (Wildman–Crippen LogP) is 6.28. The Morgan fingerprint density at radius 3 is 2.22 bits per heavy atom. The van der Waals surface area contributed by atoms with Crippen molar-refractivity contribution in [1.82, 2.24) is 0 Å². The van der Waals surface area contributed by atoms with Crippen LogP contribution in [0.5, 0.6) is 0 Å². The Hall–Kier alpha value is -4.21. The van der Waals surface area contributed by atoms with Crippen LogP contribution in [0, 0.1) is 12.7 Å². The predicted molar refractivity (Wildman–Crippen MR) is 131 cm³/mol. The highest BCUT2D eigenvalue weighted by Gasteiger charge is 2.34. The second-order valence-electron chi connectivity index (χ2n) is 7.93. The quantitative estimate of drug-likeness (QED) is 0.153. The molecule has 0 saturated carbocycles. The zero-order valence-electron chi connectivity index (χ0n) is 20.5. The average Bonchev–Trinajstić information content (AvgIpc) is 2.87. The summed E-state index contributed by atoms with van der Waals surface area (Å²) >= 11 is 0. The number of nitrogens with zero attached hydrogens (tertiary/aromatic N) is 2. The summed E-state index contributed by atoms with van der Waals surface area (Å²) in [4.78, 5) is 22.4. The Kier molecular flexibility index (Phi) is 8.65. The smallest absolute Gasteiger partial charge is 0.417 e. The van der Waals surface area contributed by atoms with Crippen LogP contribution in [0.2, 0.25) is 0 Å². The van der Waals surface area contributed by atoms with E-state index in [1.165, 1.54) is 57.5 Å². The van der Waals surface area contributed by atoms with Gasteiger partial charge in [0.2, 0.25) is 0 Å². The molecule has 3 rings (SSSR count). The van der Waals surface area contributed by atoms with E-state index in [0.717, 1.165) is 11.6 Å². The molecule has 0 atom stereocenters. The first kappa shape index (κ1) is 27.4. The Bertz CT molecular complexity index is 1330. The van der Waals surface area contributed by atoms with Gasteiger partial charge in [-0.2, -0.15) is 13.2 Å². The van der Waals surface area contributed by atoms with Crippen molar-refractivity contribution in [1.29, 1.82) is 0 Å². The number of carbonyl (C=O) groups is 1. The number of hydrogen-bond donors (Lipinski definition) is 0. The number of benzene rings is 3. The molecule has 3 aromatic carbocycles. The summed E-state index contributed by atoms with van der Waals surface area (Å²) in [7, 11) is 2.48. The van der Waals surface area contributed by atoms with E-state index in [0.29, 0.717) is 16.7 Å². The van der Waals surface area contributed by atoms with Crippen molar-refractivity contribution in [3.63, 3.8) is 0 Å². The molecule has 0 radical (unpaired) electrons. The van der Waals surface area contributed by atoms with Crippen LogP contribution in [-0.2, 0) is 32.0 Å². The van der Waals surface area contributed by atoms with E-state index in [1.807, 2.05) is 0 Å². The number of hydrogen-bond acceptors (Lipinski definition) is 6.